The predicted octanol–water partition coefficient (Wildman–Crippen LogP) is 4.80. The molecule has 4 N–H and O–H groups in total. The van der Waals surface area contributed by atoms with Crippen molar-refractivity contribution < 1.29 is 13.9 Å². The Morgan fingerprint density at radius 2 is 1.70 bits per heavy atom. The van der Waals surface area contributed by atoms with Gasteiger partial charge in [0.1, 0.15) is 11.6 Å². The molecule has 0 radical (unpaired) electrons. The molecular formula is C29H30FN5O2. The number of morpholine rings is 1. The fourth-order valence-electron chi connectivity index (χ4n) is 3.86. The summed E-state index contributed by atoms with van der Waals surface area (Å²) in [7, 11) is 0. The van der Waals surface area contributed by atoms with Crippen molar-refractivity contribution in [3.8, 4) is 0 Å². The number of benzene rings is 3. The number of aliphatic imine (C=N–C) groups is 1. The number of ether oxygens (including phenoxy) is 1. The van der Waals surface area contributed by atoms with E-state index < -0.39 is 0 Å². The highest BCUT2D eigenvalue weighted by Gasteiger charge is 2.10. The van der Waals surface area contributed by atoms with E-state index in [-0.39, 0.29) is 18.1 Å². The molecule has 1 saturated heterocycles. The fourth-order valence-corrected chi connectivity index (χ4v) is 3.86. The van der Waals surface area contributed by atoms with Gasteiger partial charge in [-0.2, -0.15) is 0 Å². The summed E-state index contributed by atoms with van der Waals surface area (Å²) >= 11 is 0. The molecule has 0 aromatic heterocycles. The van der Waals surface area contributed by atoms with Crippen molar-refractivity contribution in [3.63, 3.8) is 0 Å². The van der Waals surface area contributed by atoms with E-state index >= 15 is 0 Å². The molecule has 1 aliphatic rings. The molecule has 0 saturated carbocycles. The predicted molar refractivity (Wildman–Crippen MR) is 148 cm³/mol. The number of rotatable bonds is 9. The lowest BCUT2D eigenvalue weighted by molar-refractivity contribution is -0.115. The van der Waals surface area contributed by atoms with Crippen molar-refractivity contribution >= 4 is 34.9 Å². The monoisotopic (exact) mass is 499 g/mol. The van der Waals surface area contributed by atoms with Crippen molar-refractivity contribution in [3.05, 3.63) is 108 Å². The second-order valence-electron chi connectivity index (χ2n) is 8.55. The molecule has 190 valence electrons. The van der Waals surface area contributed by atoms with Crippen LogP contribution >= 0.6 is 0 Å². The van der Waals surface area contributed by atoms with Gasteiger partial charge in [0.15, 0.2) is 0 Å². The molecule has 3 aromatic rings. The third-order valence-corrected chi connectivity index (χ3v) is 5.77. The van der Waals surface area contributed by atoms with Crippen molar-refractivity contribution in [2.75, 3.05) is 41.8 Å². The summed E-state index contributed by atoms with van der Waals surface area (Å²) in [6.45, 7) is 7.23. The number of carbonyl (C=O) groups is 1. The van der Waals surface area contributed by atoms with Gasteiger partial charge < -0.3 is 26.0 Å². The minimum atomic E-state index is -0.363. The molecule has 1 heterocycles. The number of allylic oxidation sites excluding steroid dienone is 1. The Kier molecular flexibility index (Phi) is 8.67. The molecule has 0 spiro atoms. The van der Waals surface area contributed by atoms with Gasteiger partial charge in [-0.15, -0.1) is 0 Å². The summed E-state index contributed by atoms with van der Waals surface area (Å²) in [5, 5.41) is 5.97. The zero-order valence-electron chi connectivity index (χ0n) is 20.5. The van der Waals surface area contributed by atoms with Gasteiger partial charge in [-0.05, 0) is 65.7 Å². The van der Waals surface area contributed by atoms with Crippen LogP contribution < -0.4 is 21.3 Å². The number of halogens is 1. The van der Waals surface area contributed by atoms with E-state index in [2.05, 4.69) is 39.2 Å². The highest BCUT2D eigenvalue weighted by Crippen LogP contribution is 2.20. The highest BCUT2D eigenvalue weighted by atomic mass is 19.1. The van der Waals surface area contributed by atoms with E-state index in [9.17, 15) is 9.18 Å². The maximum Gasteiger partial charge on any atom is 0.228 e. The van der Waals surface area contributed by atoms with E-state index in [1.807, 2.05) is 12.1 Å². The lowest BCUT2D eigenvalue weighted by Crippen LogP contribution is -2.36. The summed E-state index contributed by atoms with van der Waals surface area (Å²) < 4.78 is 18.7. The van der Waals surface area contributed by atoms with Crippen LogP contribution in [0.2, 0.25) is 0 Å². The van der Waals surface area contributed by atoms with Gasteiger partial charge in [0.25, 0.3) is 0 Å². The van der Waals surface area contributed by atoms with Gasteiger partial charge in [-0.25, -0.2) is 9.38 Å². The van der Waals surface area contributed by atoms with Gasteiger partial charge >= 0.3 is 0 Å². The average molecular weight is 500 g/mol. The van der Waals surface area contributed by atoms with E-state index in [0.717, 1.165) is 43.2 Å². The molecule has 0 aliphatic carbocycles. The first-order valence-electron chi connectivity index (χ1n) is 12.0. The Morgan fingerprint density at radius 3 is 2.41 bits per heavy atom. The smallest absolute Gasteiger partial charge is 0.228 e. The van der Waals surface area contributed by atoms with Gasteiger partial charge in [-0.3, -0.25) is 4.79 Å². The van der Waals surface area contributed by atoms with Crippen molar-refractivity contribution in [2.45, 2.75) is 6.42 Å². The second-order valence-corrected chi connectivity index (χ2v) is 8.55. The minimum Gasteiger partial charge on any atom is -0.398 e. The van der Waals surface area contributed by atoms with Crippen LogP contribution in [-0.4, -0.2) is 38.4 Å². The number of amides is 1. The lowest BCUT2D eigenvalue weighted by Gasteiger charge is -2.28. The zero-order valence-corrected chi connectivity index (χ0v) is 20.5. The van der Waals surface area contributed by atoms with Crippen molar-refractivity contribution in [2.24, 2.45) is 10.7 Å². The largest absolute Gasteiger partial charge is 0.398 e. The number of carbonyl (C=O) groups excluding carboxylic acids is 1. The molecule has 37 heavy (non-hydrogen) atoms. The SMILES string of the molecule is C=C(/N=C\C=C(/N)c1ccc(NC(=O)Cc2cccc(F)c2)cc1)Nc1ccc(N2CCOCC2)cc1. The standard InChI is InChI=1S/C29H30FN5O2/c1-21(33-25-9-11-27(12-10-25)35-15-17-37-18-16-35)32-14-13-28(31)23-5-7-26(8-6-23)34-29(36)20-22-3-2-4-24(30)19-22/h2-14,19,33H,1,15-18,20,31H2,(H,34,36)/b28-13-,32-14-. The van der Waals surface area contributed by atoms with Crippen LogP contribution in [0.15, 0.2) is 96.3 Å². The Balaban J connectivity index is 1.26. The highest BCUT2D eigenvalue weighted by molar-refractivity contribution is 5.92. The summed E-state index contributed by atoms with van der Waals surface area (Å²) in [6.07, 6.45) is 3.36. The van der Waals surface area contributed by atoms with Crippen LogP contribution in [0.25, 0.3) is 5.70 Å². The molecular weight excluding hydrogens is 469 g/mol. The maximum absolute atomic E-state index is 13.3. The molecule has 7 nitrogen and oxygen atoms in total. The van der Waals surface area contributed by atoms with Crippen molar-refractivity contribution in [1.29, 1.82) is 0 Å². The molecule has 1 amide bonds. The number of nitrogens with zero attached hydrogens (tertiary/aromatic N) is 2. The van der Waals surface area contributed by atoms with Crippen LogP contribution in [0, 0.1) is 5.82 Å². The minimum absolute atomic E-state index is 0.0912. The topological polar surface area (TPSA) is 92.0 Å². The number of hydrogen-bond donors (Lipinski definition) is 3. The van der Waals surface area contributed by atoms with E-state index in [0.29, 0.717) is 22.8 Å². The molecule has 4 rings (SSSR count). The van der Waals surface area contributed by atoms with Crippen molar-refractivity contribution in [1.82, 2.24) is 0 Å². The van der Waals surface area contributed by atoms with Gasteiger partial charge in [0, 0.05) is 42.1 Å². The zero-order chi connectivity index (χ0) is 26.0. The summed E-state index contributed by atoms with van der Waals surface area (Å²) in [5.41, 5.74) is 10.8. The van der Waals surface area contributed by atoms with Crippen LogP contribution in [0.5, 0.6) is 0 Å². The van der Waals surface area contributed by atoms with Crippen LogP contribution in [-0.2, 0) is 16.0 Å². The number of nitrogens with two attached hydrogens (primary N) is 1. The fraction of sp³-hybridized carbons (Fsp3) is 0.172. The molecule has 1 aliphatic heterocycles. The third kappa shape index (κ3) is 7.78. The van der Waals surface area contributed by atoms with Crippen LogP contribution in [0.3, 0.4) is 0 Å². The summed E-state index contributed by atoms with van der Waals surface area (Å²) in [6, 6.07) is 21.2. The van der Waals surface area contributed by atoms with E-state index in [4.69, 9.17) is 10.5 Å². The molecule has 0 bridgehead atoms. The average Bonchev–Trinajstić information content (AvgIpc) is 2.90. The molecule has 1 fully saturated rings. The molecule has 0 atom stereocenters. The molecule has 0 unspecified atom stereocenters. The Hall–Kier alpha value is -4.43. The Bertz CT molecular complexity index is 1280. The maximum atomic E-state index is 13.3. The molecule has 8 heteroatoms. The first-order valence-corrected chi connectivity index (χ1v) is 12.0. The number of hydrogen-bond acceptors (Lipinski definition) is 6. The lowest BCUT2D eigenvalue weighted by atomic mass is 10.1. The van der Waals surface area contributed by atoms with E-state index in [1.165, 1.54) is 12.1 Å². The first-order chi connectivity index (χ1) is 18.0. The van der Waals surface area contributed by atoms with Gasteiger partial charge in [0.05, 0.1) is 19.6 Å². The van der Waals surface area contributed by atoms with Crippen LogP contribution in [0.4, 0.5) is 21.5 Å². The Labute approximate surface area is 216 Å². The quantitative estimate of drug-likeness (QED) is 0.368. The summed E-state index contributed by atoms with van der Waals surface area (Å²) in [4.78, 5) is 18.8. The second kappa shape index (κ2) is 12.5. The normalized spacial score (nSPS) is 14.0. The third-order valence-electron chi connectivity index (χ3n) is 5.77. The van der Waals surface area contributed by atoms with Crippen LogP contribution in [0.1, 0.15) is 11.1 Å². The van der Waals surface area contributed by atoms with Gasteiger partial charge in [0.2, 0.25) is 5.91 Å². The molecule has 3 aromatic carbocycles. The Morgan fingerprint density at radius 1 is 1.03 bits per heavy atom. The van der Waals surface area contributed by atoms with Gasteiger partial charge in [-0.1, -0.05) is 30.8 Å². The first kappa shape index (κ1) is 25.7. The van der Waals surface area contributed by atoms with E-state index in [1.54, 1.807) is 48.7 Å². The number of nitrogens with one attached hydrogen (secondary N) is 2. The number of anilines is 3. The summed E-state index contributed by atoms with van der Waals surface area (Å²) in [5.74, 6) is -0.103.